The molecule has 0 N–H and O–H groups in total. The Morgan fingerprint density at radius 3 is 1.83 bits per heavy atom. The first kappa shape index (κ1) is 17.3. The van der Waals surface area contributed by atoms with E-state index in [9.17, 15) is 0 Å². The Morgan fingerprint density at radius 1 is 0.652 bits per heavy atom. The fourth-order valence-corrected chi connectivity index (χ4v) is 2.52. The molecule has 1 heterocycles. The van der Waals surface area contributed by atoms with Gasteiger partial charge < -0.3 is 4.42 Å². The Kier molecular flexibility index (Phi) is 4.99. The summed E-state index contributed by atoms with van der Waals surface area (Å²) in [6.07, 6.45) is 1.75. The van der Waals surface area contributed by atoms with Crippen molar-refractivity contribution >= 4 is 11.0 Å². The number of furan rings is 1. The molecule has 0 aliphatic carbocycles. The van der Waals surface area contributed by atoms with Crippen molar-refractivity contribution in [2.75, 3.05) is 0 Å². The molecule has 1 aromatic heterocycles. The lowest BCUT2D eigenvalue weighted by atomic mass is 9.86. The quantitative estimate of drug-likeness (QED) is 0.449. The molecule has 0 aliphatic rings. The second kappa shape index (κ2) is 6.62. The second-order valence-corrected chi connectivity index (χ2v) is 8.01. The summed E-state index contributed by atoms with van der Waals surface area (Å²) < 4.78 is 5.48. The Hall–Kier alpha value is -2.02. The number of hydrogen-bond donors (Lipinski definition) is 0. The predicted octanol–water partition coefficient (Wildman–Crippen LogP) is 6.71. The topological polar surface area (TPSA) is 13.1 Å². The van der Waals surface area contributed by atoms with E-state index in [2.05, 4.69) is 90.1 Å². The van der Waals surface area contributed by atoms with E-state index in [1.165, 1.54) is 16.5 Å². The number of hydrogen-bond acceptors (Lipinski definition) is 1. The van der Waals surface area contributed by atoms with Gasteiger partial charge in [-0.1, -0.05) is 90.1 Å². The van der Waals surface area contributed by atoms with Crippen LogP contribution in [0.4, 0.5) is 0 Å². The molecule has 122 valence electrons. The molecular weight excluding hydrogens is 280 g/mol. The Labute approximate surface area is 140 Å². The van der Waals surface area contributed by atoms with Crippen LogP contribution in [0.25, 0.3) is 11.0 Å². The van der Waals surface area contributed by atoms with E-state index < -0.39 is 0 Å². The first-order chi connectivity index (χ1) is 10.7. The van der Waals surface area contributed by atoms with Crippen molar-refractivity contribution < 1.29 is 4.42 Å². The molecule has 0 bridgehead atoms. The highest BCUT2D eigenvalue weighted by Gasteiger charge is 2.17. The van der Waals surface area contributed by atoms with E-state index in [0.29, 0.717) is 5.41 Å². The third-order valence-electron chi connectivity index (χ3n) is 3.93. The smallest absolute Gasteiger partial charge is 0.137 e. The van der Waals surface area contributed by atoms with Crippen molar-refractivity contribution in [2.24, 2.45) is 0 Å². The van der Waals surface area contributed by atoms with E-state index >= 15 is 0 Å². The zero-order chi connectivity index (χ0) is 17.1. The van der Waals surface area contributed by atoms with Gasteiger partial charge in [0.2, 0.25) is 0 Å². The third kappa shape index (κ3) is 4.48. The molecule has 1 heteroatoms. The van der Waals surface area contributed by atoms with Crippen molar-refractivity contribution in [1.29, 1.82) is 0 Å². The van der Waals surface area contributed by atoms with E-state index in [-0.39, 0.29) is 5.41 Å². The standard InChI is InChI=1S/C12H14O.C10H14/c1-12(2,3)10-6-4-5-9-7-8-13-11(9)10;1-10(2,3)9-7-5-4-6-8-9/h4-8H,1-3H3;4-8H,1-3H3. The van der Waals surface area contributed by atoms with E-state index in [4.69, 9.17) is 4.42 Å². The summed E-state index contributed by atoms with van der Waals surface area (Å²) in [5.74, 6) is 0. The second-order valence-electron chi connectivity index (χ2n) is 8.01. The number of para-hydroxylation sites is 1. The van der Waals surface area contributed by atoms with Gasteiger partial charge in [-0.2, -0.15) is 0 Å². The lowest BCUT2D eigenvalue weighted by molar-refractivity contribution is 0.559. The van der Waals surface area contributed by atoms with Crippen molar-refractivity contribution in [3.8, 4) is 0 Å². The van der Waals surface area contributed by atoms with Crippen LogP contribution in [0, 0.1) is 0 Å². The van der Waals surface area contributed by atoms with Crippen molar-refractivity contribution in [3.63, 3.8) is 0 Å². The van der Waals surface area contributed by atoms with Crippen LogP contribution in [0.5, 0.6) is 0 Å². The molecule has 0 saturated carbocycles. The van der Waals surface area contributed by atoms with Crippen LogP contribution in [0.15, 0.2) is 65.3 Å². The minimum atomic E-state index is 0.150. The van der Waals surface area contributed by atoms with Crippen LogP contribution in [0.1, 0.15) is 52.7 Å². The number of benzene rings is 2. The Bertz CT molecular complexity index is 737. The van der Waals surface area contributed by atoms with Gasteiger partial charge in [0.1, 0.15) is 5.58 Å². The van der Waals surface area contributed by atoms with Gasteiger partial charge in [-0.3, -0.25) is 0 Å². The zero-order valence-electron chi connectivity index (χ0n) is 15.2. The Balaban J connectivity index is 0.000000174. The normalized spacial score (nSPS) is 11.9. The summed E-state index contributed by atoms with van der Waals surface area (Å²) in [5.41, 5.74) is 4.14. The van der Waals surface area contributed by atoms with E-state index in [1.54, 1.807) is 6.26 Å². The summed E-state index contributed by atoms with van der Waals surface area (Å²) in [7, 11) is 0. The summed E-state index contributed by atoms with van der Waals surface area (Å²) >= 11 is 0. The van der Waals surface area contributed by atoms with E-state index in [0.717, 1.165) is 5.58 Å². The fraction of sp³-hybridized carbons (Fsp3) is 0.364. The van der Waals surface area contributed by atoms with Gasteiger partial charge in [0.05, 0.1) is 6.26 Å². The molecule has 0 spiro atoms. The van der Waals surface area contributed by atoms with Gasteiger partial charge in [-0.05, 0) is 22.5 Å². The monoisotopic (exact) mass is 308 g/mol. The zero-order valence-corrected chi connectivity index (χ0v) is 15.2. The largest absolute Gasteiger partial charge is 0.464 e. The molecule has 0 amide bonds. The highest BCUT2D eigenvalue weighted by atomic mass is 16.3. The van der Waals surface area contributed by atoms with Crippen LogP contribution in [-0.2, 0) is 10.8 Å². The van der Waals surface area contributed by atoms with Gasteiger partial charge in [0.25, 0.3) is 0 Å². The molecule has 0 radical (unpaired) electrons. The van der Waals surface area contributed by atoms with Crippen LogP contribution >= 0.6 is 0 Å². The van der Waals surface area contributed by atoms with E-state index in [1.807, 2.05) is 6.07 Å². The SMILES string of the molecule is CC(C)(C)c1cccc2ccoc12.CC(C)(C)c1ccccc1. The van der Waals surface area contributed by atoms with Gasteiger partial charge >= 0.3 is 0 Å². The lowest BCUT2D eigenvalue weighted by Gasteiger charge is -2.18. The van der Waals surface area contributed by atoms with Gasteiger partial charge in [0, 0.05) is 10.9 Å². The molecule has 3 rings (SSSR count). The molecule has 0 aliphatic heterocycles. The lowest BCUT2D eigenvalue weighted by Crippen LogP contribution is -2.10. The molecule has 1 nitrogen and oxygen atoms in total. The molecule has 2 aromatic carbocycles. The first-order valence-corrected chi connectivity index (χ1v) is 8.22. The minimum absolute atomic E-state index is 0.150. The van der Waals surface area contributed by atoms with Crippen molar-refractivity contribution in [2.45, 2.75) is 52.4 Å². The highest BCUT2D eigenvalue weighted by Crippen LogP contribution is 2.30. The highest BCUT2D eigenvalue weighted by molar-refractivity contribution is 5.81. The molecule has 23 heavy (non-hydrogen) atoms. The van der Waals surface area contributed by atoms with Gasteiger partial charge in [-0.25, -0.2) is 0 Å². The maximum Gasteiger partial charge on any atom is 0.137 e. The number of fused-ring (bicyclic) bond motifs is 1. The van der Waals surface area contributed by atoms with Crippen molar-refractivity contribution in [1.82, 2.24) is 0 Å². The maximum absolute atomic E-state index is 5.48. The van der Waals surface area contributed by atoms with Crippen LogP contribution in [-0.4, -0.2) is 0 Å². The minimum Gasteiger partial charge on any atom is -0.464 e. The Morgan fingerprint density at radius 2 is 1.30 bits per heavy atom. The first-order valence-electron chi connectivity index (χ1n) is 8.22. The van der Waals surface area contributed by atoms with Crippen LogP contribution < -0.4 is 0 Å². The third-order valence-corrected chi connectivity index (χ3v) is 3.93. The number of rotatable bonds is 0. The average Bonchev–Trinajstić information content (AvgIpc) is 2.95. The molecule has 0 atom stereocenters. The summed E-state index contributed by atoms with van der Waals surface area (Å²) in [5, 5.41) is 1.19. The molecule has 0 unspecified atom stereocenters. The van der Waals surface area contributed by atoms with Gasteiger partial charge in [0.15, 0.2) is 0 Å². The average molecular weight is 308 g/mol. The maximum atomic E-state index is 5.48. The summed E-state index contributed by atoms with van der Waals surface area (Å²) in [4.78, 5) is 0. The van der Waals surface area contributed by atoms with Crippen LogP contribution in [0.3, 0.4) is 0 Å². The molecular formula is C22H28O. The van der Waals surface area contributed by atoms with Crippen molar-refractivity contribution in [3.05, 3.63) is 72.0 Å². The predicted molar refractivity (Wildman–Crippen MR) is 100 cm³/mol. The van der Waals surface area contributed by atoms with Crippen LogP contribution in [0.2, 0.25) is 0 Å². The van der Waals surface area contributed by atoms with Gasteiger partial charge in [-0.15, -0.1) is 0 Å². The summed E-state index contributed by atoms with van der Waals surface area (Å²) in [6, 6.07) is 18.8. The summed E-state index contributed by atoms with van der Waals surface area (Å²) in [6.45, 7) is 13.3. The molecule has 0 fully saturated rings. The molecule has 3 aromatic rings. The molecule has 0 saturated heterocycles. The fourth-order valence-electron chi connectivity index (χ4n) is 2.52.